The van der Waals surface area contributed by atoms with E-state index in [1.165, 1.54) is 0 Å². The van der Waals surface area contributed by atoms with Crippen LogP contribution in [0.4, 0.5) is 5.82 Å². The van der Waals surface area contributed by atoms with E-state index in [0.29, 0.717) is 6.04 Å². The van der Waals surface area contributed by atoms with E-state index in [-0.39, 0.29) is 0 Å². The molecule has 4 heteroatoms. The summed E-state index contributed by atoms with van der Waals surface area (Å²) in [5.41, 5.74) is 6.88. The first kappa shape index (κ1) is 9.93. The van der Waals surface area contributed by atoms with Crippen LogP contribution in [-0.4, -0.2) is 24.1 Å². The van der Waals surface area contributed by atoms with Crippen LogP contribution in [0.5, 0.6) is 0 Å². The topological polar surface area (TPSA) is 42.2 Å². The Balaban J connectivity index is 2.20. The summed E-state index contributed by atoms with van der Waals surface area (Å²) in [5.74, 6) is 1.04. The lowest BCUT2D eigenvalue weighted by Gasteiger charge is -2.17. The van der Waals surface area contributed by atoms with Gasteiger partial charge in [0.1, 0.15) is 5.82 Å². The Morgan fingerprint density at radius 2 is 2.36 bits per heavy atom. The van der Waals surface area contributed by atoms with Crippen molar-refractivity contribution in [2.24, 2.45) is 5.73 Å². The van der Waals surface area contributed by atoms with Gasteiger partial charge in [0, 0.05) is 23.6 Å². The molecule has 0 spiro atoms. The van der Waals surface area contributed by atoms with Crippen LogP contribution in [0.2, 0.25) is 0 Å². The van der Waals surface area contributed by atoms with Gasteiger partial charge in [0.2, 0.25) is 0 Å². The molecule has 1 aliphatic heterocycles. The van der Waals surface area contributed by atoms with E-state index in [4.69, 9.17) is 5.73 Å². The molecular weight excluding hydrogens is 242 g/mol. The van der Waals surface area contributed by atoms with Gasteiger partial charge in [-0.05, 0) is 41.4 Å². The number of aromatic nitrogens is 1. The summed E-state index contributed by atoms with van der Waals surface area (Å²) < 4.78 is 1.06. The van der Waals surface area contributed by atoms with Crippen molar-refractivity contribution in [2.75, 3.05) is 18.0 Å². The predicted molar refractivity (Wildman–Crippen MR) is 61.5 cm³/mol. The molecule has 0 aliphatic carbocycles. The Bertz CT molecular complexity index is 340. The van der Waals surface area contributed by atoms with Crippen molar-refractivity contribution < 1.29 is 0 Å². The van der Waals surface area contributed by atoms with Crippen molar-refractivity contribution in [3.8, 4) is 0 Å². The van der Waals surface area contributed by atoms with Crippen LogP contribution in [0, 0.1) is 6.92 Å². The molecule has 0 radical (unpaired) electrons. The Morgan fingerprint density at radius 1 is 1.57 bits per heavy atom. The number of anilines is 1. The molecular formula is C10H14BrN3. The maximum Gasteiger partial charge on any atom is 0.128 e. The predicted octanol–water partition coefficient (Wildman–Crippen LogP) is 1.69. The third kappa shape index (κ3) is 1.91. The lowest BCUT2D eigenvalue weighted by Crippen LogP contribution is -2.26. The van der Waals surface area contributed by atoms with Crippen LogP contribution in [0.25, 0.3) is 0 Å². The van der Waals surface area contributed by atoms with E-state index in [2.05, 4.69) is 25.8 Å². The average molecular weight is 256 g/mol. The maximum absolute atomic E-state index is 5.85. The summed E-state index contributed by atoms with van der Waals surface area (Å²) in [6.45, 7) is 3.95. The van der Waals surface area contributed by atoms with E-state index < -0.39 is 0 Å². The fourth-order valence-electron chi connectivity index (χ4n) is 1.70. The number of rotatable bonds is 1. The minimum Gasteiger partial charge on any atom is -0.355 e. The van der Waals surface area contributed by atoms with Gasteiger partial charge in [-0.25, -0.2) is 4.98 Å². The molecule has 1 saturated heterocycles. The van der Waals surface area contributed by atoms with E-state index in [9.17, 15) is 0 Å². The third-order valence-electron chi connectivity index (χ3n) is 2.56. The standard InChI is InChI=1S/C10H14BrN3/c1-7-9(11)2-3-10(13-7)14-5-4-8(12)6-14/h2-3,8H,4-6,12H2,1H3. The van der Waals surface area contributed by atoms with E-state index >= 15 is 0 Å². The van der Waals surface area contributed by atoms with Gasteiger partial charge in [0.25, 0.3) is 0 Å². The molecule has 1 atom stereocenters. The number of pyridine rings is 1. The number of hydrogen-bond donors (Lipinski definition) is 1. The molecule has 2 heterocycles. The van der Waals surface area contributed by atoms with E-state index in [1.54, 1.807) is 0 Å². The zero-order chi connectivity index (χ0) is 10.1. The van der Waals surface area contributed by atoms with Crippen LogP contribution in [0.1, 0.15) is 12.1 Å². The van der Waals surface area contributed by atoms with Gasteiger partial charge in [-0.15, -0.1) is 0 Å². The largest absolute Gasteiger partial charge is 0.355 e. The van der Waals surface area contributed by atoms with Crippen molar-refractivity contribution in [1.82, 2.24) is 4.98 Å². The van der Waals surface area contributed by atoms with E-state index in [1.807, 2.05) is 19.1 Å². The molecule has 0 saturated carbocycles. The van der Waals surface area contributed by atoms with Gasteiger partial charge in [-0.2, -0.15) is 0 Å². The average Bonchev–Trinajstić information content (AvgIpc) is 2.57. The quantitative estimate of drug-likeness (QED) is 0.831. The Hall–Kier alpha value is -0.610. The molecule has 76 valence electrons. The highest BCUT2D eigenvalue weighted by Gasteiger charge is 2.20. The molecule has 3 nitrogen and oxygen atoms in total. The van der Waals surface area contributed by atoms with Gasteiger partial charge in [0.05, 0.1) is 5.69 Å². The lowest BCUT2D eigenvalue weighted by atomic mass is 10.3. The van der Waals surface area contributed by atoms with Crippen LogP contribution < -0.4 is 10.6 Å². The van der Waals surface area contributed by atoms with Crippen LogP contribution in [0.3, 0.4) is 0 Å². The molecule has 0 aromatic carbocycles. The maximum atomic E-state index is 5.85. The first-order chi connectivity index (χ1) is 6.66. The highest BCUT2D eigenvalue weighted by atomic mass is 79.9. The lowest BCUT2D eigenvalue weighted by molar-refractivity contribution is 0.751. The number of halogens is 1. The van der Waals surface area contributed by atoms with Crippen LogP contribution in [0.15, 0.2) is 16.6 Å². The first-order valence-electron chi connectivity index (χ1n) is 4.80. The van der Waals surface area contributed by atoms with E-state index in [0.717, 1.165) is 35.5 Å². The normalized spacial score (nSPS) is 21.6. The van der Waals surface area contributed by atoms with Crippen molar-refractivity contribution >= 4 is 21.7 Å². The summed E-state index contributed by atoms with van der Waals surface area (Å²) in [5, 5.41) is 0. The Morgan fingerprint density at radius 3 is 2.93 bits per heavy atom. The molecule has 14 heavy (non-hydrogen) atoms. The molecule has 2 rings (SSSR count). The second kappa shape index (κ2) is 3.87. The second-order valence-electron chi connectivity index (χ2n) is 3.73. The second-order valence-corrected chi connectivity index (χ2v) is 4.59. The summed E-state index contributed by atoms with van der Waals surface area (Å²) in [6.07, 6.45) is 1.07. The summed E-state index contributed by atoms with van der Waals surface area (Å²) in [7, 11) is 0. The van der Waals surface area contributed by atoms with Crippen molar-refractivity contribution in [2.45, 2.75) is 19.4 Å². The molecule has 1 aromatic rings. The van der Waals surface area contributed by atoms with Crippen LogP contribution in [-0.2, 0) is 0 Å². The number of nitrogens with two attached hydrogens (primary N) is 1. The minimum atomic E-state index is 0.306. The third-order valence-corrected chi connectivity index (χ3v) is 3.39. The SMILES string of the molecule is Cc1nc(N2CCC(N)C2)ccc1Br. The molecule has 0 bridgehead atoms. The highest BCUT2D eigenvalue weighted by Crippen LogP contribution is 2.21. The van der Waals surface area contributed by atoms with Crippen molar-refractivity contribution in [1.29, 1.82) is 0 Å². The molecule has 0 amide bonds. The molecule has 2 N–H and O–H groups in total. The van der Waals surface area contributed by atoms with Crippen molar-refractivity contribution in [3.05, 3.63) is 22.3 Å². The number of hydrogen-bond acceptors (Lipinski definition) is 3. The zero-order valence-corrected chi connectivity index (χ0v) is 9.79. The van der Waals surface area contributed by atoms with Crippen molar-refractivity contribution in [3.63, 3.8) is 0 Å². The Kier molecular flexibility index (Phi) is 2.74. The van der Waals surface area contributed by atoms with Gasteiger partial charge in [0.15, 0.2) is 0 Å². The highest BCUT2D eigenvalue weighted by molar-refractivity contribution is 9.10. The summed E-state index contributed by atoms with van der Waals surface area (Å²) >= 11 is 3.44. The smallest absolute Gasteiger partial charge is 0.128 e. The Labute approximate surface area is 92.4 Å². The number of aryl methyl sites for hydroxylation is 1. The first-order valence-corrected chi connectivity index (χ1v) is 5.60. The molecule has 1 fully saturated rings. The molecule has 1 unspecified atom stereocenters. The zero-order valence-electron chi connectivity index (χ0n) is 8.20. The summed E-state index contributed by atoms with van der Waals surface area (Å²) in [6, 6.07) is 4.39. The van der Waals surface area contributed by atoms with Crippen LogP contribution >= 0.6 is 15.9 Å². The number of nitrogens with zero attached hydrogens (tertiary/aromatic N) is 2. The fraction of sp³-hybridized carbons (Fsp3) is 0.500. The molecule has 1 aliphatic rings. The molecule has 1 aromatic heterocycles. The monoisotopic (exact) mass is 255 g/mol. The van der Waals surface area contributed by atoms with Gasteiger partial charge in [-0.3, -0.25) is 0 Å². The summed E-state index contributed by atoms with van der Waals surface area (Å²) in [4.78, 5) is 6.75. The van der Waals surface area contributed by atoms with Gasteiger partial charge < -0.3 is 10.6 Å². The fourth-order valence-corrected chi connectivity index (χ4v) is 1.92. The minimum absolute atomic E-state index is 0.306. The van der Waals surface area contributed by atoms with Gasteiger partial charge >= 0.3 is 0 Å². The van der Waals surface area contributed by atoms with Gasteiger partial charge in [-0.1, -0.05) is 0 Å².